The Bertz CT molecular complexity index is 254. The van der Waals surface area contributed by atoms with Crippen molar-refractivity contribution >= 4 is 11.9 Å². The molecule has 1 aliphatic rings. The summed E-state index contributed by atoms with van der Waals surface area (Å²) in [6.07, 6.45) is 0.948. The summed E-state index contributed by atoms with van der Waals surface area (Å²) in [4.78, 5) is 24.1. The number of ether oxygens (including phenoxy) is 1. The van der Waals surface area contributed by atoms with E-state index in [1.165, 1.54) is 7.11 Å². The number of carbonyl (C=O) groups is 2. The lowest BCUT2D eigenvalue weighted by molar-refractivity contribution is -0.149. The molecular formula is C10H17NO4. The molecule has 1 saturated heterocycles. The molecule has 1 heterocycles. The lowest BCUT2D eigenvalue weighted by Crippen LogP contribution is -2.42. The van der Waals surface area contributed by atoms with Gasteiger partial charge < -0.3 is 14.7 Å². The Hall–Kier alpha value is -1.10. The lowest BCUT2D eigenvalue weighted by atomic mass is 9.83. The molecule has 0 aliphatic carbocycles. The minimum atomic E-state index is -0.824. The number of carbonyl (C=O) groups excluding carboxylic acids is 1. The van der Waals surface area contributed by atoms with Crippen LogP contribution < -0.4 is 0 Å². The van der Waals surface area contributed by atoms with Crippen LogP contribution in [0, 0.1) is 11.8 Å². The number of likely N-dealkylation sites (tertiary alicyclic amines) is 1. The topological polar surface area (TPSA) is 66.8 Å². The van der Waals surface area contributed by atoms with Gasteiger partial charge in [0.25, 0.3) is 0 Å². The van der Waals surface area contributed by atoms with Gasteiger partial charge in [0.05, 0.1) is 13.0 Å². The van der Waals surface area contributed by atoms with Gasteiger partial charge in [-0.3, -0.25) is 9.59 Å². The first kappa shape index (κ1) is 12.0. The van der Waals surface area contributed by atoms with Crippen LogP contribution in [0.5, 0.6) is 0 Å². The molecule has 1 N–H and O–H groups in total. The number of carboxylic acids is 1. The van der Waals surface area contributed by atoms with Crippen molar-refractivity contribution < 1.29 is 19.4 Å². The Morgan fingerprint density at radius 2 is 2.20 bits per heavy atom. The first-order valence-corrected chi connectivity index (χ1v) is 5.02. The molecule has 0 aromatic carbocycles. The van der Waals surface area contributed by atoms with Gasteiger partial charge in [0, 0.05) is 13.0 Å². The van der Waals surface area contributed by atoms with Crippen molar-refractivity contribution in [2.24, 2.45) is 11.8 Å². The van der Waals surface area contributed by atoms with Crippen LogP contribution in [-0.4, -0.2) is 49.2 Å². The molecule has 0 saturated carbocycles. The van der Waals surface area contributed by atoms with Crippen molar-refractivity contribution in [3.8, 4) is 0 Å². The SMILES string of the molecule is COC(=O)CC1CCN(C)CC1C(=O)O. The van der Waals surface area contributed by atoms with E-state index in [-0.39, 0.29) is 18.3 Å². The average molecular weight is 215 g/mol. The van der Waals surface area contributed by atoms with E-state index < -0.39 is 11.9 Å². The molecule has 2 unspecified atom stereocenters. The second-order valence-electron chi connectivity index (χ2n) is 4.04. The Morgan fingerprint density at radius 3 is 2.73 bits per heavy atom. The van der Waals surface area contributed by atoms with E-state index in [2.05, 4.69) is 4.74 Å². The van der Waals surface area contributed by atoms with Gasteiger partial charge in [-0.1, -0.05) is 0 Å². The second kappa shape index (κ2) is 5.11. The van der Waals surface area contributed by atoms with Crippen LogP contribution in [0.4, 0.5) is 0 Å². The summed E-state index contributed by atoms with van der Waals surface area (Å²) in [6, 6.07) is 0. The molecule has 2 atom stereocenters. The van der Waals surface area contributed by atoms with Gasteiger partial charge in [0.15, 0.2) is 0 Å². The molecule has 0 radical (unpaired) electrons. The fraction of sp³-hybridized carbons (Fsp3) is 0.800. The van der Waals surface area contributed by atoms with Crippen LogP contribution in [0.2, 0.25) is 0 Å². The zero-order valence-corrected chi connectivity index (χ0v) is 9.10. The van der Waals surface area contributed by atoms with Gasteiger partial charge in [-0.05, 0) is 25.9 Å². The third-order valence-corrected chi connectivity index (χ3v) is 2.93. The molecule has 1 fully saturated rings. The normalized spacial score (nSPS) is 27.3. The Morgan fingerprint density at radius 1 is 1.53 bits per heavy atom. The number of methoxy groups -OCH3 is 1. The molecule has 0 bridgehead atoms. The number of hydrogen-bond acceptors (Lipinski definition) is 4. The number of nitrogens with zero attached hydrogens (tertiary/aromatic N) is 1. The highest BCUT2D eigenvalue weighted by Crippen LogP contribution is 2.26. The third-order valence-electron chi connectivity index (χ3n) is 2.93. The van der Waals surface area contributed by atoms with E-state index in [1.54, 1.807) is 0 Å². The number of rotatable bonds is 3. The molecule has 1 rings (SSSR count). The smallest absolute Gasteiger partial charge is 0.308 e. The van der Waals surface area contributed by atoms with E-state index in [0.717, 1.165) is 13.0 Å². The van der Waals surface area contributed by atoms with Crippen LogP contribution in [-0.2, 0) is 14.3 Å². The summed E-state index contributed by atoms with van der Waals surface area (Å²) in [6.45, 7) is 1.35. The lowest BCUT2D eigenvalue weighted by Gasteiger charge is -2.33. The molecule has 5 heteroatoms. The van der Waals surface area contributed by atoms with E-state index in [9.17, 15) is 9.59 Å². The summed E-state index contributed by atoms with van der Waals surface area (Å²) in [5.41, 5.74) is 0. The maximum absolute atomic E-state index is 11.1. The predicted octanol–water partition coefficient (Wildman–Crippen LogP) is 0.202. The highest BCUT2D eigenvalue weighted by Gasteiger charge is 2.34. The van der Waals surface area contributed by atoms with E-state index >= 15 is 0 Å². The molecule has 86 valence electrons. The van der Waals surface area contributed by atoms with Crippen molar-refractivity contribution in [3.05, 3.63) is 0 Å². The van der Waals surface area contributed by atoms with Gasteiger partial charge >= 0.3 is 11.9 Å². The summed E-state index contributed by atoms with van der Waals surface area (Å²) < 4.78 is 4.56. The molecule has 5 nitrogen and oxygen atoms in total. The molecule has 0 aromatic heterocycles. The highest BCUT2D eigenvalue weighted by molar-refractivity contribution is 5.74. The Labute approximate surface area is 89.0 Å². The van der Waals surface area contributed by atoms with Crippen LogP contribution in [0.15, 0.2) is 0 Å². The largest absolute Gasteiger partial charge is 0.481 e. The van der Waals surface area contributed by atoms with E-state index in [4.69, 9.17) is 5.11 Å². The minimum Gasteiger partial charge on any atom is -0.481 e. The van der Waals surface area contributed by atoms with Crippen LogP contribution in [0.3, 0.4) is 0 Å². The summed E-state index contributed by atoms with van der Waals surface area (Å²) in [7, 11) is 3.22. The fourth-order valence-electron chi connectivity index (χ4n) is 1.98. The summed E-state index contributed by atoms with van der Waals surface area (Å²) in [5, 5.41) is 9.03. The quantitative estimate of drug-likeness (QED) is 0.681. The Kier molecular flexibility index (Phi) is 4.08. The first-order valence-electron chi connectivity index (χ1n) is 5.02. The highest BCUT2D eigenvalue weighted by atomic mass is 16.5. The number of hydrogen-bond donors (Lipinski definition) is 1. The van der Waals surface area contributed by atoms with Gasteiger partial charge in [-0.15, -0.1) is 0 Å². The van der Waals surface area contributed by atoms with Gasteiger partial charge in [0.2, 0.25) is 0 Å². The fourth-order valence-corrected chi connectivity index (χ4v) is 1.98. The number of carboxylic acid groups (broad SMARTS) is 1. The van der Waals surface area contributed by atoms with Crippen molar-refractivity contribution in [2.45, 2.75) is 12.8 Å². The number of piperidine rings is 1. The molecule has 15 heavy (non-hydrogen) atoms. The zero-order chi connectivity index (χ0) is 11.4. The minimum absolute atomic E-state index is 0.0915. The molecule has 1 aliphatic heterocycles. The average Bonchev–Trinajstić information content (AvgIpc) is 2.20. The van der Waals surface area contributed by atoms with Crippen molar-refractivity contribution in [1.82, 2.24) is 4.90 Å². The van der Waals surface area contributed by atoms with Crippen LogP contribution in [0.1, 0.15) is 12.8 Å². The van der Waals surface area contributed by atoms with Gasteiger partial charge in [-0.25, -0.2) is 0 Å². The van der Waals surface area contributed by atoms with Crippen molar-refractivity contribution in [3.63, 3.8) is 0 Å². The first-order chi connectivity index (χ1) is 7.04. The van der Waals surface area contributed by atoms with Gasteiger partial charge in [-0.2, -0.15) is 0 Å². The monoisotopic (exact) mass is 215 g/mol. The molecular weight excluding hydrogens is 198 g/mol. The molecule has 0 aromatic rings. The number of aliphatic carboxylic acids is 1. The maximum atomic E-state index is 11.1. The standard InChI is InChI=1S/C10H17NO4/c1-11-4-3-7(5-9(12)15-2)8(6-11)10(13)14/h7-8H,3-6H2,1-2H3,(H,13,14). The second-order valence-corrected chi connectivity index (χ2v) is 4.04. The third kappa shape index (κ3) is 3.20. The maximum Gasteiger partial charge on any atom is 0.308 e. The van der Waals surface area contributed by atoms with Crippen molar-refractivity contribution in [2.75, 3.05) is 27.2 Å². The van der Waals surface area contributed by atoms with E-state index in [0.29, 0.717) is 6.54 Å². The Balaban J connectivity index is 2.60. The van der Waals surface area contributed by atoms with Crippen LogP contribution in [0.25, 0.3) is 0 Å². The van der Waals surface area contributed by atoms with Gasteiger partial charge in [0.1, 0.15) is 0 Å². The van der Waals surface area contributed by atoms with E-state index in [1.807, 2.05) is 11.9 Å². The molecule has 0 amide bonds. The summed E-state index contributed by atoms with van der Waals surface area (Å²) in [5.74, 6) is -1.69. The molecule has 0 spiro atoms. The zero-order valence-electron chi connectivity index (χ0n) is 9.10. The van der Waals surface area contributed by atoms with Crippen LogP contribution >= 0.6 is 0 Å². The predicted molar refractivity (Wildman–Crippen MR) is 53.4 cm³/mol. The summed E-state index contributed by atoms with van der Waals surface area (Å²) >= 11 is 0. The van der Waals surface area contributed by atoms with Crippen molar-refractivity contribution in [1.29, 1.82) is 0 Å². The number of esters is 1.